The minimum atomic E-state index is -0.521. The van der Waals surface area contributed by atoms with E-state index in [4.69, 9.17) is 9.47 Å². The third-order valence-corrected chi connectivity index (χ3v) is 7.68. The van der Waals surface area contributed by atoms with Crippen LogP contribution in [-0.2, 0) is 14.3 Å². The summed E-state index contributed by atoms with van der Waals surface area (Å²) in [4.78, 5) is 12.1. The molecule has 0 aromatic heterocycles. The highest BCUT2D eigenvalue weighted by Crippen LogP contribution is 2.15. The Bertz CT molecular complexity index is 454. The second kappa shape index (κ2) is 32.6. The summed E-state index contributed by atoms with van der Waals surface area (Å²) >= 11 is 0. The van der Waals surface area contributed by atoms with Crippen LogP contribution in [0.3, 0.4) is 0 Å². The van der Waals surface area contributed by atoms with E-state index in [-0.39, 0.29) is 12.6 Å². The summed E-state index contributed by atoms with van der Waals surface area (Å²) < 4.78 is 11.1. The van der Waals surface area contributed by atoms with Gasteiger partial charge >= 0.3 is 5.97 Å². The SMILES string of the molecule is CCCCCCCCCCCCCCCCCCCC(=O)OC(CO)COCCCCCCCCCCC. The van der Waals surface area contributed by atoms with Gasteiger partial charge in [0, 0.05) is 13.0 Å². The van der Waals surface area contributed by atoms with Crippen LogP contribution in [0.1, 0.15) is 187 Å². The van der Waals surface area contributed by atoms with Crippen molar-refractivity contribution in [2.45, 2.75) is 193 Å². The molecule has 0 heterocycles. The number of aliphatic hydroxyl groups excluding tert-OH is 1. The van der Waals surface area contributed by atoms with Crippen molar-refractivity contribution in [3.63, 3.8) is 0 Å². The molecule has 0 fully saturated rings. The summed E-state index contributed by atoms with van der Waals surface area (Å²) in [6.45, 7) is 5.36. The van der Waals surface area contributed by atoms with Crippen LogP contribution in [0, 0.1) is 0 Å². The number of carbonyl (C=O) groups is 1. The molecule has 0 radical (unpaired) electrons. The summed E-state index contributed by atoms with van der Waals surface area (Å²) in [6.07, 6.45) is 34.2. The Balaban J connectivity index is 3.37. The normalized spacial score (nSPS) is 12.2. The van der Waals surface area contributed by atoms with E-state index >= 15 is 0 Å². The van der Waals surface area contributed by atoms with Gasteiger partial charge in [-0.05, 0) is 12.8 Å². The Kier molecular flexibility index (Phi) is 32.1. The molecule has 0 aliphatic heterocycles. The zero-order valence-electron chi connectivity index (χ0n) is 26.0. The molecule has 0 saturated heterocycles. The van der Waals surface area contributed by atoms with Gasteiger partial charge in [0.1, 0.15) is 6.10 Å². The lowest BCUT2D eigenvalue weighted by Gasteiger charge is -2.16. The number of hydrogen-bond acceptors (Lipinski definition) is 4. The molecule has 0 amide bonds. The second-order valence-electron chi connectivity index (χ2n) is 11.6. The molecule has 228 valence electrons. The van der Waals surface area contributed by atoms with Gasteiger partial charge < -0.3 is 14.6 Å². The van der Waals surface area contributed by atoms with Crippen molar-refractivity contribution in [3.05, 3.63) is 0 Å². The standard InChI is InChI=1S/C34H68O4/c1-3-5-7-9-11-13-14-15-16-17-18-19-20-21-23-25-27-29-34(36)38-33(31-35)32-37-30-28-26-24-22-12-10-8-6-4-2/h33,35H,3-32H2,1-2H3. The van der Waals surface area contributed by atoms with Crippen LogP contribution in [0.4, 0.5) is 0 Å². The summed E-state index contributed by atoms with van der Waals surface area (Å²) in [5, 5.41) is 9.50. The largest absolute Gasteiger partial charge is 0.457 e. The quantitative estimate of drug-likeness (QED) is 0.0681. The van der Waals surface area contributed by atoms with Gasteiger partial charge in [0.05, 0.1) is 13.2 Å². The Morgan fingerprint density at radius 2 is 0.868 bits per heavy atom. The Morgan fingerprint density at radius 3 is 1.24 bits per heavy atom. The lowest BCUT2D eigenvalue weighted by Crippen LogP contribution is -2.27. The van der Waals surface area contributed by atoms with E-state index in [0.717, 1.165) is 19.3 Å². The number of carbonyl (C=O) groups excluding carboxylic acids is 1. The molecule has 0 aliphatic rings. The molecule has 38 heavy (non-hydrogen) atoms. The minimum Gasteiger partial charge on any atom is -0.457 e. The predicted molar refractivity (Wildman–Crippen MR) is 164 cm³/mol. The first-order valence-electron chi connectivity index (χ1n) is 17.1. The Hall–Kier alpha value is -0.610. The maximum absolute atomic E-state index is 12.1. The van der Waals surface area contributed by atoms with Gasteiger partial charge in [0.2, 0.25) is 0 Å². The summed E-state index contributed by atoms with van der Waals surface area (Å²) in [5.41, 5.74) is 0. The maximum atomic E-state index is 12.1. The molecule has 0 rings (SSSR count). The monoisotopic (exact) mass is 541 g/mol. The number of aliphatic hydroxyl groups is 1. The van der Waals surface area contributed by atoms with Crippen LogP contribution in [0.25, 0.3) is 0 Å². The molecule has 4 nitrogen and oxygen atoms in total. The zero-order valence-corrected chi connectivity index (χ0v) is 26.0. The highest BCUT2D eigenvalue weighted by Gasteiger charge is 2.13. The fourth-order valence-corrected chi connectivity index (χ4v) is 5.09. The van der Waals surface area contributed by atoms with Crippen LogP contribution in [0.15, 0.2) is 0 Å². The second-order valence-corrected chi connectivity index (χ2v) is 11.6. The van der Waals surface area contributed by atoms with Crippen molar-refractivity contribution in [2.24, 2.45) is 0 Å². The molecule has 1 atom stereocenters. The molecule has 0 aliphatic carbocycles. The first-order chi connectivity index (χ1) is 18.7. The van der Waals surface area contributed by atoms with E-state index in [9.17, 15) is 9.90 Å². The number of esters is 1. The van der Waals surface area contributed by atoms with Gasteiger partial charge in [-0.3, -0.25) is 4.79 Å². The summed E-state index contributed by atoms with van der Waals surface area (Å²) in [5.74, 6) is -0.198. The van der Waals surface area contributed by atoms with E-state index in [2.05, 4.69) is 13.8 Å². The molecule has 0 aromatic carbocycles. The van der Waals surface area contributed by atoms with Crippen molar-refractivity contribution in [1.82, 2.24) is 0 Å². The van der Waals surface area contributed by atoms with Gasteiger partial charge in [-0.15, -0.1) is 0 Å². The first-order valence-corrected chi connectivity index (χ1v) is 17.1. The first kappa shape index (κ1) is 37.4. The predicted octanol–water partition coefficient (Wildman–Crippen LogP) is 10.5. The molecule has 4 heteroatoms. The molecular formula is C34H68O4. The van der Waals surface area contributed by atoms with E-state index in [0.29, 0.717) is 19.6 Å². The average Bonchev–Trinajstić information content (AvgIpc) is 2.92. The molecule has 0 aromatic rings. The number of hydrogen-bond donors (Lipinski definition) is 1. The molecule has 0 saturated carbocycles. The fourth-order valence-electron chi connectivity index (χ4n) is 5.09. The van der Waals surface area contributed by atoms with Crippen molar-refractivity contribution >= 4 is 5.97 Å². The Morgan fingerprint density at radius 1 is 0.526 bits per heavy atom. The summed E-state index contributed by atoms with van der Waals surface area (Å²) in [6, 6.07) is 0. The van der Waals surface area contributed by atoms with E-state index in [1.54, 1.807) is 0 Å². The highest BCUT2D eigenvalue weighted by atomic mass is 16.6. The van der Waals surface area contributed by atoms with Crippen LogP contribution in [0.5, 0.6) is 0 Å². The number of ether oxygens (including phenoxy) is 2. The number of rotatable bonds is 32. The minimum absolute atomic E-state index is 0.164. The van der Waals surface area contributed by atoms with Gasteiger partial charge in [-0.25, -0.2) is 0 Å². The third-order valence-electron chi connectivity index (χ3n) is 7.68. The molecule has 0 spiro atoms. The van der Waals surface area contributed by atoms with Gasteiger partial charge in [0.15, 0.2) is 0 Å². The topological polar surface area (TPSA) is 55.8 Å². The smallest absolute Gasteiger partial charge is 0.306 e. The molecule has 1 unspecified atom stereocenters. The number of unbranched alkanes of at least 4 members (excludes halogenated alkanes) is 24. The van der Waals surface area contributed by atoms with Crippen LogP contribution in [0.2, 0.25) is 0 Å². The van der Waals surface area contributed by atoms with Crippen LogP contribution in [-0.4, -0.2) is 37.0 Å². The van der Waals surface area contributed by atoms with Crippen molar-refractivity contribution in [2.75, 3.05) is 19.8 Å². The van der Waals surface area contributed by atoms with E-state index in [1.807, 2.05) is 0 Å². The lowest BCUT2D eigenvalue weighted by molar-refractivity contribution is -0.154. The molecule has 0 bridgehead atoms. The van der Waals surface area contributed by atoms with E-state index < -0.39 is 6.10 Å². The fraction of sp³-hybridized carbons (Fsp3) is 0.971. The van der Waals surface area contributed by atoms with Gasteiger partial charge in [-0.1, -0.05) is 168 Å². The third kappa shape index (κ3) is 29.9. The average molecular weight is 541 g/mol. The zero-order chi connectivity index (χ0) is 27.8. The Labute approximate surface area is 238 Å². The van der Waals surface area contributed by atoms with Gasteiger partial charge in [0.25, 0.3) is 0 Å². The van der Waals surface area contributed by atoms with Crippen molar-refractivity contribution in [3.8, 4) is 0 Å². The van der Waals surface area contributed by atoms with Crippen LogP contribution < -0.4 is 0 Å². The molecule has 1 N–H and O–H groups in total. The van der Waals surface area contributed by atoms with Crippen molar-refractivity contribution in [1.29, 1.82) is 0 Å². The lowest BCUT2D eigenvalue weighted by atomic mass is 10.0. The van der Waals surface area contributed by atoms with E-state index in [1.165, 1.54) is 148 Å². The highest BCUT2D eigenvalue weighted by molar-refractivity contribution is 5.69. The summed E-state index contributed by atoms with van der Waals surface area (Å²) in [7, 11) is 0. The maximum Gasteiger partial charge on any atom is 0.306 e. The molecular weight excluding hydrogens is 472 g/mol. The van der Waals surface area contributed by atoms with Crippen LogP contribution >= 0.6 is 0 Å². The van der Waals surface area contributed by atoms with Gasteiger partial charge in [-0.2, -0.15) is 0 Å². The van der Waals surface area contributed by atoms with Crippen molar-refractivity contribution < 1.29 is 19.4 Å².